The van der Waals surface area contributed by atoms with Crippen molar-refractivity contribution in [1.29, 1.82) is 0 Å². The predicted molar refractivity (Wildman–Crippen MR) is 117 cm³/mol. The highest BCUT2D eigenvalue weighted by Crippen LogP contribution is 2.23. The Balaban J connectivity index is 1.41. The number of pyridine rings is 1. The van der Waals surface area contributed by atoms with Crippen LogP contribution in [-0.2, 0) is 23.1 Å². The van der Waals surface area contributed by atoms with E-state index in [0.29, 0.717) is 19.8 Å². The first-order chi connectivity index (χ1) is 15.1. The molecule has 8 heteroatoms. The lowest BCUT2D eigenvalue weighted by molar-refractivity contribution is -0.111. The maximum Gasteiger partial charge on any atom is 0.248 e. The minimum atomic E-state index is -0.454. The summed E-state index contributed by atoms with van der Waals surface area (Å²) < 4.78 is 21.6. The Morgan fingerprint density at radius 1 is 1.26 bits per heavy atom. The monoisotopic (exact) mass is 421 g/mol. The van der Waals surface area contributed by atoms with Gasteiger partial charge in [0, 0.05) is 62.5 Å². The average Bonchev–Trinajstić information content (AvgIpc) is 3.21. The molecule has 0 unspecified atom stereocenters. The lowest BCUT2D eigenvalue weighted by atomic mass is 10.0. The number of hydrogen-bond acceptors (Lipinski definition) is 5. The maximum absolute atomic E-state index is 14.5. The molecule has 4 rings (SSSR count). The number of halogens is 1. The molecule has 0 aliphatic carbocycles. The van der Waals surface area contributed by atoms with Crippen LogP contribution in [0.15, 0.2) is 55.1 Å². The topological polar surface area (TPSA) is 72.3 Å². The number of carbonyl (C=O) groups excluding carboxylic acids is 1. The van der Waals surface area contributed by atoms with Gasteiger partial charge in [-0.05, 0) is 35.4 Å². The van der Waals surface area contributed by atoms with Crippen LogP contribution in [0.3, 0.4) is 0 Å². The van der Waals surface area contributed by atoms with Crippen LogP contribution in [0.5, 0.6) is 0 Å². The molecule has 160 valence electrons. The van der Waals surface area contributed by atoms with E-state index in [1.165, 1.54) is 12.1 Å². The lowest BCUT2D eigenvalue weighted by Gasteiger charge is -2.26. The highest BCUT2D eigenvalue weighted by atomic mass is 19.1. The molecular formula is C23H24FN5O2. The molecular weight excluding hydrogens is 397 g/mol. The smallest absolute Gasteiger partial charge is 0.248 e. The quantitative estimate of drug-likeness (QED) is 0.620. The molecule has 3 heterocycles. The molecule has 0 bridgehead atoms. The zero-order chi connectivity index (χ0) is 21.6. The summed E-state index contributed by atoms with van der Waals surface area (Å²) in [6, 6.07) is 6.76. The van der Waals surface area contributed by atoms with Gasteiger partial charge in [-0.3, -0.25) is 19.4 Å². The van der Waals surface area contributed by atoms with E-state index in [-0.39, 0.29) is 5.69 Å². The molecule has 7 nitrogen and oxygen atoms in total. The Bertz CT molecular complexity index is 1090. The van der Waals surface area contributed by atoms with Crippen LogP contribution in [0, 0.1) is 5.82 Å². The number of benzene rings is 1. The SMILES string of the molecule is Cn1cc(-c2ccncc2C=CC(=O)Nc2ccc(CN3CCOCC3)cc2F)cn1. The molecule has 0 radical (unpaired) electrons. The van der Waals surface area contributed by atoms with E-state index in [4.69, 9.17) is 4.74 Å². The van der Waals surface area contributed by atoms with E-state index in [9.17, 15) is 9.18 Å². The minimum absolute atomic E-state index is 0.152. The Morgan fingerprint density at radius 2 is 2.10 bits per heavy atom. The number of nitrogens with one attached hydrogen (secondary N) is 1. The molecule has 3 aromatic rings. The predicted octanol–water partition coefficient (Wildman–Crippen LogP) is 3.11. The van der Waals surface area contributed by atoms with Gasteiger partial charge in [-0.25, -0.2) is 4.39 Å². The Morgan fingerprint density at radius 3 is 2.84 bits per heavy atom. The van der Waals surface area contributed by atoms with Crippen molar-refractivity contribution < 1.29 is 13.9 Å². The molecule has 1 amide bonds. The molecule has 1 N–H and O–H groups in total. The number of aryl methyl sites for hydroxylation is 1. The van der Waals surface area contributed by atoms with Crippen LogP contribution in [0.4, 0.5) is 10.1 Å². The number of aromatic nitrogens is 3. The second-order valence-electron chi connectivity index (χ2n) is 7.39. The van der Waals surface area contributed by atoms with Crippen LogP contribution in [0.1, 0.15) is 11.1 Å². The van der Waals surface area contributed by atoms with E-state index >= 15 is 0 Å². The average molecular weight is 421 g/mol. The molecule has 1 aromatic carbocycles. The van der Waals surface area contributed by atoms with Gasteiger partial charge in [-0.15, -0.1) is 0 Å². The highest BCUT2D eigenvalue weighted by molar-refractivity contribution is 6.02. The Labute approximate surface area is 180 Å². The van der Waals surface area contributed by atoms with Crippen molar-refractivity contribution in [3.8, 4) is 11.1 Å². The van der Waals surface area contributed by atoms with Crippen molar-refractivity contribution >= 4 is 17.7 Å². The fraction of sp³-hybridized carbons (Fsp3) is 0.261. The normalized spacial score (nSPS) is 14.8. The summed E-state index contributed by atoms with van der Waals surface area (Å²) in [6.07, 6.45) is 10.0. The number of nitrogens with zero attached hydrogens (tertiary/aromatic N) is 4. The molecule has 1 fully saturated rings. The van der Waals surface area contributed by atoms with Gasteiger partial charge in [-0.1, -0.05) is 6.07 Å². The minimum Gasteiger partial charge on any atom is -0.379 e. The van der Waals surface area contributed by atoms with Crippen LogP contribution in [-0.4, -0.2) is 51.9 Å². The van der Waals surface area contributed by atoms with Crippen molar-refractivity contribution in [1.82, 2.24) is 19.7 Å². The summed E-state index contributed by atoms with van der Waals surface area (Å²) >= 11 is 0. The third-order valence-corrected chi connectivity index (χ3v) is 5.08. The molecule has 1 aliphatic heterocycles. The fourth-order valence-electron chi connectivity index (χ4n) is 3.48. The van der Waals surface area contributed by atoms with Crippen LogP contribution in [0.25, 0.3) is 17.2 Å². The molecule has 0 spiro atoms. The molecule has 31 heavy (non-hydrogen) atoms. The Kier molecular flexibility index (Phi) is 6.49. The van der Waals surface area contributed by atoms with Gasteiger partial charge in [0.25, 0.3) is 0 Å². The van der Waals surface area contributed by atoms with E-state index in [2.05, 4.69) is 20.3 Å². The molecule has 1 aliphatic rings. The summed E-state index contributed by atoms with van der Waals surface area (Å²) in [5.41, 5.74) is 3.62. The number of rotatable bonds is 6. The van der Waals surface area contributed by atoms with E-state index < -0.39 is 11.7 Å². The van der Waals surface area contributed by atoms with Crippen molar-refractivity contribution in [3.63, 3.8) is 0 Å². The van der Waals surface area contributed by atoms with Crippen LogP contribution in [0.2, 0.25) is 0 Å². The third kappa shape index (κ3) is 5.42. The number of morpholine rings is 1. The second-order valence-corrected chi connectivity index (χ2v) is 7.39. The third-order valence-electron chi connectivity index (χ3n) is 5.08. The molecule has 2 aromatic heterocycles. The fourth-order valence-corrected chi connectivity index (χ4v) is 3.48. The van der Waals surface area contributed by atoms with Crippen LogP contribution < -0.4 is 5.32 Å². The number of amides is 1. The van der Waals surface area contributed by atoms with Crippen molar-refractivity contribution in [2.45, 2.75) is 6.54 Å². The summed E-state index contributed by atoms with van der Waals surface area (Å²) in [4.78, 5) is 18.7. The van der Waals surface area contributed by atoms with Gasteiger partial charge < -0.3 is 10.1 Å². The van der Waals surface area contributed by atoms with E-state index in [1.807, 2.05) is 25.4 Å². The number of hydrogen-bond donors (Lipinski definition) is 1. The zero-order valence-electron chi connectivity index (χ0n) is 17.3. The molecule has 0 atom stereocenters. The van der Waals surface area contributed by atoms with Gasteiger partial charge in [-0.2, -0.15) is 5.10 Å². The lowest BCUT2D eigenvalue weighted by Crippen LogP contribution is -2.35. The summed E-state index contributed by atoms with van der Waals surface area (Å²) in [5, 5.41) is 6.78. The zero-order valence-corrected chi connectivity index (χ0v) is 17.3. The summed E-state index contributed by atoms with van der Waals surface area (Å²) in [7, 11) is 1.84. The van der Waals surface area contributed by atoms with Gasteiger partial charge >= 0.3 is 0 Å². The first-order valence-electron chi connectivity index (χ1n) is 10.1. The number of anilines is 1. The maximum atomic E-state index is 14.5. The first kappa shape index (κ1) is 20.9. The van der Waals surface area contributed by atoms with Gasteiger partial charge in [0.05, 0.1) is 25.1 Å². The van der Waals surface area contributed by atoms with Crippen molar-refractivity contribution in [2.75, 3.05) is 31.6 Å². The number of ether oxygens (including phenoxy) is 1. The summed E-state index contributed by atoms with van der Waals surface area (Å²) in [5.74, 6) is -0.870. The van der Waals surface area contributed by atoms with Crippen LogP contribution >= 0.6 is 0 Å². The largest absolute Gasteiger partial charge is 0.379 e. The van der Waals surface area contributed by atoms with Gasteiger partial charge in [0.2, 0.25) is 5.91 Å². The number of carbonyl (C=O) groups is 1. The standard InChI is InChI=1S/C23H24FN5O2/c1-28-16-19(14-26-28)20-6-7-25-13-18(20)3-5-23(30)27-22-4-2-17(12-21(22)24)15-29-8-10-31-11-9-29/h2-7,12-14,16H,8-11,15H2,1H3,(H,27,30). The molecule has 1 saturated heterocycles. The van der Waals surface area contributed by atoms with E-state index in [0.717, 1.165) is 35.3 Å². The summed E-state index contributed by atoms with van der Waals surface area (Å²) in [6.45, 7) is 3.72. The van der Waals surface area contributed by atoms with Crippen molar-refractivity contribution in [3.05, 3.63) is 72.1 Å². The molecule has 0 saturated carbocycles. The second kappa shape index (κ2) is 9.63. The Hall–Kier alpha value is -3.36. The highest BCUT2D eigenvalue weighted by Gasteiger charge is 2.13. The first-order valence-corrected chi connectivity index (χ1v) is 10.1. The van der Waals surface area contributed by atoms with Crippen molar-refractivity contribution in [2.24, 2.45) is 7.05 Å². The van der Waals surface area contributed by atoms with E-state index in [1.54, 1.807) is 35.4 Å². The van der Waals surface area contributed by atoms with Gasteiger partial charge in [0.15, 0.2) is 0 Å². The van der Waals surface area contributed by atoms with Gasteiger partial charge in [0.1, 0.15) is 5.82 Å².